The number of allylic oxidation sites excluding steroid dienone is 1. The second kappa shape index (κ2) is 2.75. The molecule has 1 saturated carbocycles. The van der Waals surface area contributed by atoms with Gasteiger partial charge >= 0.3 is 0 Å². The van der Waals surface area contributed by atoms with Crippen LogP contribution < -0.4 is 5.32 Å². The summed E-state index contributed by atoms with van der Waals surface area (Å²) < 4.78 is 0. The average molecular weight is 137 g/mol. The van der Waals surface area contributed by atoms with Crippen LogP contribution in [0.3, 0.4) is 0 Å². The summed E-state index contributed by atoms with van der Waals surface area (Å²) in [7, 11) is 0. The van der Waals surface area contributed by atoms with E-state index in [1.165, 1.54) is 32.2 Å². The first-order valence-electron chi connectivity index (χ1n) is 4.37. The molecule has 0 saturated heterocycles. The van der Waals surface area contributed by atoms with Crippen LogP contribution in [0.25, 0.3) is 0 Å². The summed E-state index contributed by atoms with van der Waals surface area (Å²) >= 11 is 0. The molecule has 1 fully saturated rings. The van der Waals surface area contributed by atoms with Gasteiger partial charge in [0.1, 0.15) is 0 Å². The van der Waals surface area contributed by atoms with Gasteiger partial charge in [-0.15, -0.1) is 0 Å². The summed E-state index contributed by atoms with van der Waals surface area (Å²) in [6.07, 6.45) is 10.2. The third kappa shape index (κ3) is 1.10. The van der Waals surface area contributed by atoms with Crippen LogP contribution in [-0.4, -0.2) is 12.6 Å². The van der Waals surface area contributed by atoms with E-state index < -0.39 is 0 Å². The molecule has 1 aliphatic carbocycles. The molecule has 0 aromatic heterocycles. The van der Waals surface area contributed by atoms with Gasteiger partial charge in [-0.2, -0.15) is 0 Å². The van der Waals surface area contributed by atoms with E-state index in [1.807, 2.05) is 0 Å². The van der Waals surface area contributed by atoms with Crippen molar-refractivity contribution >= 4 is 0 Å². The molecule has 1 heterocycles. The summed E-state index contributed by atoms with van der Waals surface area (Å²) in [6.45, 7) is 1.23. The number of hydrogen-bond donors (Lipinski definition) is 1. The van der Waals surface area contributed by atoms with Crippen molar-refractivity contribution in [2.24, 2.45) is 5.92 Å². The molecule has 1 N–H and O–H groups in total. The van der Waals surface area contributed by atoms with Gasteiger partial charge in [0, 0.05) is 6.04 Å². The van der Waals surface area contributed by atoms with Gasteiger partial charge in [0.15, 0.2) is 0 Å². The SMILES string of the molecule is C1=CC2CCC2NCCC1. The molecule has 2 atom stereocenters. The monoisotopic (exact) mass is 137 g/mol. The van der Waals surface area contributed by atoms with Crippen LogP contribution in [0.5, 0.6) is 0 Å². The van der Waals surface area contributed by atoms with E-state index in [-0.39, 0.29) is 0 Å². The quantitative estimate of drug-likeness (QED) is 0.501. The van der Waals surface area contributed by atoms with Crippen LogP contribution in [0.1, 0.15) is 25.7 Å². The standard InChI is InChI=1S/C9H15N/c1-2-4-8-5-6-9(8)10-7-3-1/h2,4,8-10H,1,3,5-7H2. The van der Waals surface area contributed by atoms with Crippen molar-refractivity contribution < 1.29 is 0 Å². The van der Waals surface area contributed by atoms with Crippen molar-refractivity contribution in [3.63, 3.8) is 0 Å². The average Bonchev–Trinajstić information content (AvgIpc) is 1.89. The van der Waals surface area contributed by atoms with Crippen LogP contribution in [0.4, 0.5) is 0 Å². The molecule has 0 bridgehead atoms. The third-order valence-electron chi connectivity index (χ3n) is 2.67. The first kappa shape index (κ1) is 6.41. The largest absolute Gasteiger partial charge is 0.313 e. The lowest BCUT2D eigenvalue weighted by molar-refractivity contribution is 0.255. The number of rotatable bonds is 0. The summed E-state index contributed by atoms with van der Waals surface area (Å²) in [4.78, 5) is 0. The summed E-state index contributed by atoms with van der Waals surface area (Å²) in [5.74, 6) is 0.875. The Hall–Kier alpha value is -0.300. The maximum absolute atomic E-state index is 3.57. The van der Waals surface area contributed by atoms with Crippen molar-refractivity contribution in [2.75, 3.05) is 6.54 Å². The molecular formula is C9H15N. The number of fused-ring (bicyclic) bond motifs is 1. The Morgan fingerprint density at radius 2 is 2.30 bits per heavy atom. The minimum absolute atomic E-state index is 0.830. The molecule has 1 heteroatoms. The first-order chi connectivity index (χ1) is 4.97. The number of hydrogen-bond acceptors (Lipinski definition) is 1. The molecular weight excluding hydrogens is 122 g/mol. The Morgan fingerprint density at radius 1 is 1.30 bits per heavy atom. The zero-order valence-corrected chi connectivity index (χ0v) is 6.34. The molecule has 1 aliphatic heterocycles. The molecule has 1 nitrogen and oxygen atoms in total. The molecule has 10 heavy (non-hydrogen) atoms. The van der Waals surface area contributed by atoms with E-state index in [0.29, 0.717) is 0 Å². The zero-order chi connectivity index (χ0) is 6.81. The molecule has 0 amide bonds. The molecule has 56 valence electrons. The van der Waals surface area contributed by atoms with Crippen LogP contribution in [0, 0.1) is 5.92 Å². The van der Waals surface area contributed by atoms with Gasteiger partial charge in [-0.05, 0) is 38.1 Å². The van der Waals surface area contributed by atoms with E-state index in [9.17, 15) is 0 Å². The Kier molecular flexibility index (Phi) is 1.76. The minimum atomic E-state index is 0.830. The lowest BCUT2D eigenvalue weighted by Gasteiger charge is -2.36. The highest BCUT2D eigenvalue weighted by Gasteiger charge is 2.27. The highest BCUT2D eigenvalue weighted by Crippen LogP contribution is 2.29. The third-order valence-corrected chi connectivity index (χ3v) is 2.67. The smallest absolute Gasteiger partial charge is 0.0130 e. The van der Waals surface area contributed by atoms with Gasteiger partial charge in [0.05, 0.1) is 0 Å². The van der Waals surface area contributed by atoms with Crippen LogP contribution in [0.15, 0.2) is 12.2 Å². The molecule has 0 spiro atoms. The Morgan fingerprint density at radius 3 is 3.10 bits per heavy atom. The van der Waals surface area contributed by atoms with Gasteiger partial charge < -0.3 is 5.32 Å². The van der Waals surface area contributed by atoms with E-state index >= 15 is 0 Å². The van der Waals surface area contributed by atoms with Crippen molar-refractivity contribution in [1.29, 1.82) is 0 Å². The molecule has 0 radical (unpaired) electrons. The highest BCUT2D eigenvalue weighted by molar-refractivity contribution is 5.02. The zero-order valence-electron chi connectivity index (χ0n) is 6.34. The second-order valence-electron chi connectivity index (χ2n) is 3.37. The second-order valence-corrected chi connectivity index (χ2v) is 3.37. The predicted molar refractivity (Wildman–Crippen MR) is 42.9 cm³/mol. The van der Waals surface area contributed by atoms with Crippen molar-refractivity contribution in [3.05, 3.63) is 12.2 Å². The van der Waals surface area contributed by atoms with E-state index in [1.54, 1.807) is 0 Å². The lowest BCUT2D eigenvalue weighted by atomic mass is 9.78. The van der Waals surface area contributed by atoms with Crippen LogP contribution in [-0.2, 0) is 0 Å². The van der Waals surface area contributed by atoms with Crippen molar-refractivity contribution in [2.45, 2.75) is 31.7 Å². The van der Waals surface area contributed by atoms with Crippen LogP contribution >= 0.6 is 0 Å². The fourth-order valence-electron chi connectivity index (χ4n) is 1.79. The summed E-state index contributed by atoms with van der Waals surface area (Å²) in [5.41, 5.74) is 0. The van der Waals surface area contributed by atoms with E-state index in [2.05, 4.69) is 17.5 Å². The van der Waals surface area contributed by atoms with Crippen molar-refractivity contribution in [3.8, 4) is 0 Å². The van der Waals surface area contributed by atoms with E-state index in [4.69, 9.17) is 0 Å². The fraction of sp³-hybridized carbons (Fsp3) is 0.778. The molecule has 0 aromatic carbocycles. The van der Waals surface area contributed by atoms with Gasteiger partial charge in [-0.1, -0.05) is 12.2 Å². The fourth-order valence-corrected chi connectivity index (χ4v) is 1.79. The molecule has 2 rings (SSSR count). The normalized spacial score (nSPS) is 39.2. The lowest BCUT2D eigenvalue weighted by Crippen LogP contribution is -2.43. The maximum Gasteiger partial charge on any atom is 0.0130 e. The van der Waals surface area contributed by atoms with Gasteiger partial charge in [-0.25, -0.2) is 0 Å². The first-order valence-corrected chi connectivity index (χ1v) is 4.37. The van der Waals surface area contributed by atoms with Gasteiger partial charge in [-0.3, -0.25) is 0 Å². The highest BCUT2D eigenvalue weighted by atomic mass is 14.9. The van der Waals surface area contributed by atoms with Crippen molar-refractivity contribution in [1.82, 2.24) is 5.32 Å². The maximum atomic E-state index is 3.57. The minimum Gasteiger partial charge on any atom is -0.313 e. The Labute approximate surface area is 62.5 Å². The van der Waals surface area contributed by atoms with Crippen LogP contribution in [0.2, 0.25) is 0 Å². The number of nitrogens with one attached hydrogen (secondary N) is 1. The summed E-state index contributed by atoms with van der Waals surface area (Å²) in [6, 6.07) is 0.830. The predicted octanol–water partition coefficient (Wildman–Crippen LogP) is 1.70. The summed E-state index contributed by atoms with van der Waals surface area (Å²) in [5, 5.41) is 3.57. The molecule has 0 aromatic rings. The van der Waals surface area contributed by atoms with Gasteiger partial charge in [0.2, 0.25) is 0 Å². The van der Waals surface area contributed by atoms with Gasteiger partial charge in [0.25, 0.3) is 0 Å². The molecule has 2 unspecified atom stereocenters. The van der Waals surface area contributed by atoms with E-state index in [0.717, 1.165) is 12.0 Å². The molecule has 2 aliphatic rings. The Bertz CT molecular complexity index is 140. The topological polar surface area (TPSA) is 12.0 Å². The Balaban J connectivity index is 1.96.